The van der Waals surface area contributed by atoms with E-state index in [2.05, 4.69) is 17.0 Å². The lowest BCUT2D eigenvalue weighted by atomic mass is 9.82. The van der Waals surface area contributed by atoms with E-state index in [0.29, 0.717) is 13.1 Å². The van der Waals surface area contributed by atoms with Gasteiger partial charge in [-0.25, -0.2) is 0 Å². The quantitative estimate of drug-likeness (QED) is 0.838. The van der Waals surface area contributed by atoms with E-state index in [4.69, 9.17) is 4.74 Å². The normalized spacial score (nSPS) is 31.5. The van der Waals surface area contributed by atoms with E-state index in [1.807, 2.05) is 24.3 Å². The lowest BCUT2D eigenvalue weighted by Crippen LogP contribution is -2.53. The Labute approximate surface area is 140 Å². The second-order valence-corrected chi connectivity index (χ2v) is 6.49. The van der Waals surface area contributed by atoms with Crippen LogP contribution < -0.4 is 4.90 Å². The van der Waals surface area contributed by atoms with E-state index in [9.17, 15) is 14.7 Å². The fourth-order valence-corrected chi connectivity index (χ4v) is 3.93. The summed E-state index contributed by atoms with van der Waals surface area (Å²) in [5.41, 5.74) is 1.15. The number of hydrogen-bond donors (Lipinski definition) is 1. The maximum absolute atomic E-state index is 12.9. The molecule has 0 aromatic heterocycles. The summed E-state index contributed by atoms with van der Waals surface area (Å²) in [7, 11) is 0. The van der Waals surface area contributed by atoms with Crippen molar-refractivity contribution in [2.75, 3.05) is 31.1 Å². The third-order valence-electron chi connectivity index (χ3n) is 5.18. The van der Waals surface area contributed by atoms with E-state index in [1.54, 1.807) is 11.0 Å². The van der Waals surface area contributed by atoms with Crippen LogP contribution in [0.4, 0.5) is 5.69 Å². The Balaban J connectivity index is 1.43. The van der Waals surface area contributed by atoms with Crippen LogP contribution in [0.5, 0.6) is 0 Å². The Morgan fingerprint density at radius 2 is 1.58 bits per heavy atom. The number of hydrogen-bond acceptors (Lipinski definition) is 4. The molecule has 0 aliphatic carbocycles. The Kier molecular flexibility index (Phi) is 3.76. The zero-order valence-electron chi connectivity index (χ0n) is 13.2. The number of piperazine rings is 1. The van der Waals surface area contributed by atoms with E-state index in [1.165, 1.54) is 0 Å². The van der Waals surface area contributed by atoms with Crippen molar-refractivity contribution < 1.29 is 19.4 Å². The van der Waals surface area contributed by atoms with Gasteiger partial charge < -0.3 is 19.6 Å². The first kappa shape index (κ1) is 15.2. The van der Waals surface area contributed by atoms with E-state index in [-0.39, 0.29) is 5.91 Å². The van der Waals surface area contributed by atoms with Crippen molar-refractivity contribution >= 4 is 17.6 Å². The minimum Gasteiger partial charge on any atom is -0.481 e. The van der Waals surface area contributed by atoms with Crippen LogP contribution >= 0.6 is 0 Å². The van der Waals surface area contributed by atoms with Crippen LogP contribution in [0.2, 0.25) is 0 Å². The maximum atomic E-state index is 12.9. The zero-order chi connectivity index (χ0) is 16.7. The largest absolute Gasteiger partial charge is 0.481 e. The highest BCUT2D eigenvalue weighted by Crippen LogP contribution is 2.40. The number of rotatable bonds is 3. The number of para-hydroxylation sites is 1. The van der Waals surface area contributed by atoms with Crippen molar-refractivity contribution in [3.8, 4) is 0 Å². The fourth-order valence-electron chi connectivity index (χ4n) is 3.93. The molecule has 0 saturated carbocycles. The molecule has 2 saturated heterocycles. The molecule has 2 bridgehead atoms. The SMILES string of the molecule is O=C(O)[C@@H]1[C@H](C(=O)N2CCN(c3ccccc3)CC2)[C@@H]2C=C[C@H]1O2. The van der Waals surface area contributed by atoms with Gasteiger partial charge in [0.25, 0.3) is 0 Å². The molecule has 1 N–H and O–H groups in total. The molecule has 0 unspecified atom stereocenters. The molecule has 2 fully saturated rings. The number of aliphatic carboxylic acids is 1. The first-order valence-corrected chi connectivity index (χ1v) is 8.30. The van der Waals surface area contributed by atoms with Crippen LogP contribution in [0.25, 0.3) is 0 Å². The molecule has 3 aliphatic rings. The zero-order valence-corrected chi connectivity index (χ0v) is 13.2. The Morgan fingerprint density at radius 3 is 2.21 bits per heavy atom. The topological polar surface area (TPSA) is 70.1 Å². The summed E-state index contributed by atoms with van der Waals surface area (Å²) in [4.78, 5) is 28.4. The van der Waals surface area contributed by atoms with Crippen molar-refractivity contribution in [3.63, 3.8) is 0 Å². The number of benzene rings is 1. The minimum absolute atomic E-state index is 0.0908. The van der Waals surface area contributed by atoms with Crippen molar-refractivity contribution in [1.29, 1.82) is 0 Å². The molecule has 1 amide bonds. The summed E-state index contributed by atoms with van der Waals surface area (Å²) in [6, 6.07) is 10.1. The minimum atomic E-state index is -0.951. The van der Waals surface area contributed by atoms with E-state index < -0.39 is 30.0 Å². The molecule has 1 aromatic rings. The molecule has 0 radical (unpaired) electrons. The van der Waals surface area contributed by atoms with Crippen LogP contribution in [-0.4, -0.2) is 60.3 Å². The van der Waals surface area contributed by atoms with Gasteiger partial charge in [-0.1, -0.05) is 30.4 Å². The van der Waals surface area contributed by atoms with E-state index >= 15 is 0 Å². The monoisotopic (exact) mass is 328 g/mol. The molecule has 4 rings (SSSR count). The second-order valence-electron chi connectivity index (χ2n) is 6.49. The number of ether oxygens (including phenoxy) is 1. The molecule has 1 aromatic carbocycles. The Hall–Kier alpha value is -2.34. The van der Waals surface area contributed by atoms with Gasteiger partial charge in [-0.05, 0) is 12.1 Å². The van der Waals surface area contributed by atoms with Crippen molar-refractivity contribution in [3.05, 3.63) is 42.5 Å². The number of carboxylic acid groups (broad SMARTS) is 1. The van der Waals surface area contributed by atoms with Crippen LogP contribution in [0.3, 0.4) is 0 Å². The molecular formula is C18H20N2O4. The number of anilines is 1. The van der Waals surface area contributed by atoms with Crippen LogP contribution in [0.1, 0.15) is 0 Å². The van der Waals surface area contributed by atoms with Gasteiger partial charge in [-0.2, -0.15) is 0 Å². The highest BCUT2D eigenvalue weighted by atomic mass is 16.5. The number of carbonyl (C=O) groups is 2. The summed E-state index contributed by atoms with van der Waals surface area (Å²) in [6.07, 6.45) is 2.73. The van der Waals surface area contributed by atoms with E-state index in [0.717, 1.165) is 18.8 Å². The maximum Gasteiger partial charge on any atom is 0.310 e. The second kappa shape index (κ2) is 5.94. The van der Waals surface area contributed by atoms with Gasteiger partial charge in [0.05, 0.1) is 18.1 Å². The average molecular weight is 328 g/mol. The number of amides is 1. The smallest absolute Gasteiger partial charge is 0.310 e. The first-order chi connectivity index (χ1) is 11.6. The Bertz CT molecular complexity index is 667. The summed E-state index contributed by atoms with van der Waals surface area (Å²) < 4.78 is 5.61. The highest BCUT2D eigenvalue weighted by Gasteiger charge is 2.54. The number of carbonyl (C=O) groups excluding carboxylic acids is 1. The molecule has 126 valence electrons. The molecule has 6 heteroatoms. The van der Waals surface area contributed by atoms with Crippen LogP contribution in [0.15, 0.2) is 42.5 Å². The summed E-state index contributed by atoms with van der Waals surface area (Å²) in [5.74, 6) is -2.40. The van der Waals surface area contributed by atoms with Gasteiger partial charge in [-0.3, -0.25) is 9.59 Å². The average Bonchev–Trinajstić information content (AvgIpc) is 3.23. The van der Waals surface area contributed by atoms with Crippen molar-refractivity contribution in [1.82, 2.24) is 4.90 Å². The summed E-state index contributed by atoms with van der Waals surface area (Å²) >= 11 is 0. The Morgan fingerprint density at radius 1 is 0.958 bits per heavy atom. The van der Waals surface area contributed by atoms with Crippen molar-refractivity contribution in [2.45, 2.75) is 12.2 Å². The van der Waals surface area contributed by atoms with Crippen LogP contribution in [0, 0.1) is 11.8 Å². The number of nitrogens with zero attached hydrogens (tertiary/aromatic N) is 2. The lowest BCUT2D eigenvalue weighted by molar-refractivity contribution is -0.149. The third-order valence-corrected chi connectivity index (χ3v) is 5.18. The van der Waals surface area contributed by atoms with Crippen LogP contribution in [-0.2, 0) is 14.3 Å². The molecule has 24 heavy (non-hydrogen) atoms. The first-order valence-electron chi connectivity index (χ1n) is 8.30. The molecule has 3 aliphatic heterocycles. The number of fused-ring (bicyclic) bond motifs is 2. The fraction of sp³-hybridized carbons (Fsp3) is 0.444. The highest BCUT2D eigenvalue weighted by molar-refractivity contribution is 5.87. The van der Waals surface area contributed by atoms with Gasteiger partial charge >= 0.3 is 5.97 Å². The van der Waals surface area contributed by atoms with Gasteiger partial charge in [0.15, 0.2) is 0 Å². The van der Waals surface area contributed by atoms with Gasteiger partial charge in [0, 0.05) is 31.9 Å². The van der Waals surface area contributed by atoms with Gasteiger partial charge in [0.1, 0.15) is 5.92 Å². The standard InChI is InChI=1S/C18H20N2O4/c21-17(15-13-6-7-14(24-13)16(15)18(22)23)20-10-8-19(9-11-20)12-4-2-1-3-5-12/h1-7,13-16H,8-11H2,(H,22,23)/t13-,14+,15+,16-/m0/s1. The molecule has 3 heterocycles. The molecular weight excluding hydrogens is 308 g/mol. The van der Waals surface area contributed by atoms with Gasteiger partial charge in [-0.15, -0.1) is 0 Å². The predicted octanol–water partition coefficient (Wildman–Crippen LogP) is 0.989. The molecule has 0 spiro atoms. The summed E-state index contributed by atoms with van der Waals surface area (Å²) in [5, 5.41) is 9.45. The predicted molar refractivity (Wildman–Crippen MR) is 87.7 cm³/mol. The molecule has 6 nitrogen and oxygen atoms in total. The van der Waals surface area contributed by atoms with Crippen molar-refractivity contribution in [2.24, 2.45) is 11.8 Å². The lowest BCUT2D eigenvalue weighted by Gasteiger charge is -2.38. The molecule has 4 atom stereocenters. The third kappa shape index (κ3) is 2.47. The summed E-state index contributed by atoms with van der Waals surface area (Å²) in [6.45, 7) is 2.73. The van der Waals surface area contributed by atoms with Gasteiger partial charge in [0.2, 0.25) is 5.91 Å². The number of carboxylic acids is 1.